The summed E-state index contributed by atoms with van der Waals surface area (Å²) in [5, 5.41) is 4.48. The lowest BCUT2D eigenvalue weighted by molar-refractivity contribution is 0.0492. The molecule has 11 heteroatoms. The first-order valence-corrected chi connectivity index (χ1v) is 10.7. The molecule has 168 valence electrons. The van der Waals surface area contributed by atoms with E-state index in [1.807, 2.05) is 36.3 Å². The Morgan fingerprint density at radius 2 is 1.97 bits per heavy atom. The molecule has 0 saturated heterocycles. The van der Waals surface area contributed by atoms with Gasteiger partial charge in [-0.2, -0.15) is 5.10 Å². The summed E-state index contributed by atoms with van der Waals surface area (Å²) < 4.78 is 18.7. The van der Waals surface area contributed by atoms with E-state index in [2.05, 4.69) is 15.1 Å². The molecule has 0 spiro atoms. The number of hydrogen-bond acceptors (Lipinski definition) is 4. The van der Waals surface area contributed by atoms with Crippen LogP contribution >= 0.6 is 23.2 Å². The van der Waals surface area contributed by atoms with Gasteiger partial charge in [0.2, 0.25) is 0 Å². The molecular formula is C22H17Cl2FN6O2. The summed E-state index contributed by atoms with van der Waals surface area (Å²) in [7, 11) is 1.93. The van der Waals surface area contributed by atoms with E-state index in [1.54, 1.807) is 30.1 Å². The van der Waals surface area contributed by atoms with Crippen molar-refractivity contribution in [2.24, 2.45) is 7.05 Å². The molecule has 0 radical (unpaired) electrons. The number of pyridine rings is 1. The zero-order chi connectivity index (χ0) is 23.3. The smallest absolute Gasteiger partial charge is 0.360 e. The molecule has 0 bridgehead atoms. The van der Waals surface area contributed by atoms with Crippen LogP contribution in [-0.4, -0.2) is 29.0 Å². The number of nitrogens with zero attached hydrogens (tertiary/aromatic N) is 5. The topological polar surface area (TPSA) is 82.7 Å². The van der Waals surface area contributed by atoms with Gasteiger partial charge < -0.3 is 9.40 Å². The lowest BCUT2D eigenvalue weighted by Crippen LogP contribution is -2.26. The molecule has 5 rings (SSSR count). The zero-order valence-corrected chi connectivity index (χ0v) is 19.0. The fourth-order valence-corrected chi connectivity index (χ4v) is 4.27. The van der Waals surface area contributed by atoms with E-state index in [0.29, 0.717) is 11.2 Å². The van der Waals surface area contributed by atoms with E-state index in [9.17, 15) is 9.18 Å². The lowest BCUT2D eigenvalue weighted by atomic mass is 10.1. The third kappa shape index (κ3) is 3.79. The van der Waals surface area contributed by atoms with Gasteiger partial charge in [-0.15, -0.1) is 4.73 Å². The Morgan fingerprint density at radius 1 is 1.15 bits per heavy atom. The molecule has 4 aromatic heterocycles. The number of aryl methyl sites for hydroxylation is 1. The minimum absolute atomic E-state index is 0.157. The number of H-pyrrole nitrogens is 1. The Balaban J connectivity index is 1.52. The number of aromatic nitrogens is 6. The molecular weight excluding hydrogens is 470 g/mol. The number of imidazole rings is 1. The fraction of sp³-hybridized carbons (Fsp3) is 0.136. The van der Waals surface area contributed by atoms with Crippen LogP contribution in [0.5, 0.6) is 0 Å². The van der Waals surface area contributed by atoms with Gasteiger partial charge in [-0.1, -0.05) is 23.2 Å². The Labute approximate surface area is 196 Å². The molecule has 0 amide bonds. The quantitative estimate of drug-likeness (QED) is 0.369. The van der Waals surface area contributed by atoms with E-state index in [1.165, 1.54) is 12.1 Å². The van der Waals surface area contributed by atoms with E-state index in [-0.39, 0.29) is 15.6 Å². The van der Waals surface area contributed by atoms with Gasteiger partial charge >= 0.3 is 5.69 Å². The summed E-state index contributed by atoms with van der Waals surface area (Å²) in [6, 6.07) is 6.26. The SMILES string of the molecule is CC(On1c(=O)[nH]c2ncc(-c3cnn(-c4ccn(C)c4)c3)cc21)c1c(Cl)ccc(F)c1Cl. The second kappa shape index (κ2) is 8.09. The van der Waals surface area contributed by atoms with Gasteiger partial charge in [-0.25, -0.2) is 18.9 Å². The molecule has 4 heterocycles. The van der Waals surface area contributed by atoms with Crippen LogP contribution in [0.25, 0.3) is 28.0 Å². The second-order valence-electron chi connectivity index (χ2n) is 7.53. The largest absolute Gasteiger partial charge is 0.401 e. The van der Waals surface area contributed by atoms with Crippen LogP contribution < -0.4 is 10.5 Å². The first-order valence-electron chi connectivity index (χ1n) is 9.90. The number of fused-ring (bicyclic) bond motifs is 1. The second-order valence-corrected chi connectivity index (χ2v) is 8.31. The Bertz CT molecular complexity index is 1550. The highest BCUT2D eigenvalue weighted by molar-refractivity contribution is 6.36. The number of benzene rings is 1. The van der Waals surface area contributed by atoms with Gasteiger partial charge in [-0.3, -0.25) is 4.98 Å². The van der Waals surface area contributed by atoms with Crippen molar-refractivity contribution in [1.82, 2.24) is 29.0 Å². The molecule has 1 atom stereocenters. The van der Waals surface area contributed by atoms with E-state index >= 15 is 0 Å². The number of nitrogens with one attached hydrogen (secondary N) is 1. The number of halogens is 3. The highest BCUT2D eigenvalue weighted by atomic mass is 35.5. The summed E-state index contributed by atoms with van der Waals surface area (Å²) in [4.78, 5) is 25.4. The molecule has 0 aliphatic heterocycles. The molecule has 1 aromatic carbocycles. The van der Waals surface area contributed by atoms with Crippen LogP contribution in [0, 0.1) is 5.82 Å². The van der Waals surface area contributed by atoms with Crippen molar-refractivity contribution in [1.29, 1.82) is 0 Å². The third-order valence-corrected chi connectivity index (χ3v) is 5.96. The Kier molecular flexibility index (Phi) is 5.22. The number of rotatable bonds is 5. The van der Waals surface area contributed by atoms with Crippen molar-refractivity contribution < 1.29 is 9.23 Å². The summed E-state index contributed by atoms with van der Waals surface area (Å²) in [5.41, 5.74) is 2.90. The standard InChI is InChI=1S/C22H17Cl2FN6O2/c1-12(19-16(23)3-4-17(25)20(19)24)33-31-18-7-13(8-26-21(18)28-22(31)32)14-9-27-30(10-14)15-5-6-29(2)11-15/h3-12H,1-2H3,(H,26,28,32). The minimum Gasteiger partial charge on any atom is -0.401 e. The van der Waals surface area contributed by atoms with Crippen LogP contribution in [0.2, 0.25) is 10.0 Å². The average molecular weight is 487 g/mol. The molecule has 0 fully saturated rings. The molecule has 0 saturated carbocycles. The highest BCUT2D eigenvalue weighted by Gasteiger charge is 2.21. The maximum Gasteiger partial charge on any atom is 0.360 e. The zero-order valence-electron chi connectivity index (χ0n) is 17.5. The normalized spacial score (nSPS) is 12.4. The Morgan fingerprint density at radius 3 is 2.73 bits per heavy atom. The van der Waals surface area contributed by atoms with Gasteiger partial charge in [-0.05, 0) is 31.2 Å². The van der Waals surface area contributed by atoms with Crippen LogP contribution in [0.1, 0.15) is 18.6 Å². The fourth-order valence-electron chi connectivity index (χ4n) is 3.59. The first kappa shape index (κ1) is 21.3. The van der Waals surface area contributed by atoms with Crippen molar-refractivity contribution in [2.45, 2.75) is 13.0 Å². The van der Waals surface area contributed by atoms with E-state index < -0.39 is 17.6 Å². The molecule has 0 aliphatic carbocycles. The van der Waals surface area contributed by atoms with Crippen LogP contribution in [0.3, 0.4) is 0 Å². The summed E-state index contributed by atoms with van der Waals surface area (Å²) in [6.45, 7) is 1.62. The predicted octanol–water partition coefficient (Wildman–Crippen LogP) is 4.55. The summed E-state index contributed by atoms with van der Waals surface area (Å²) in [6.07, 6.45) is 8.27. The monoisotopic (exact) mass is 486 g/mol. The lowest BCUT2D eigenvalue weighted by Gasteiger charge is -2.17. The maximum absolute atomic E-state index is 14.0. The van der Waals surface area contributed by atoms with Crippen molar-refractivity contribution in [3.63, 3.8) is 0 Å². The summed E-state index contributed by atoms with van der Waals surface area (Å²) >= 11 is 12.3. The van der Waals surface area contributed by atoms with Crippen LogP contribution in [0.15, 0.2) is 60.0 Å². The third-order valence-electron chi connectivity index (χ3n) is 5.24. The highest BCUT2D eigenvalue weighted by Crippen LogP contribution is 2.33. The van der Waals surface area contributed by atoms with Crippen molar-refractivity contribution in [2.75, 3.05) is 0 Å². The number of hydrogen-bond donors (Lipinski definition) is 1. The van der Waals surface area contributed by atoms with Gasteiger partial charge in [0.25, 0.3) is 0 Å². The molecule has 8 nitrogen and oxygen atoms in total. The predicted molar refractivity (Wildman–Crippen MR) is 123 cm³/mol. The molecule has 0 aliphatic rings. The van der Waals surface area contributed by atoms with Crippen molar-refractivity contribution >= 4 is 34.4 Å². The minimum atomic E-state index is -0.818. The van der Waals surface area contributed by atoms with Gasteiger partial charge in [0.05, 0.1) is 16.9 Å². The van der Waals surface area contributed by atoms with Crippen LogP contribution in [0.4, 0.5) is 4.39 Å². The molecule has 5 aromatic rings. The maximum atomic E-state index is 14.0. The van der Waals surface area contributed by atoms with Crippen molar-refractivity contribution in [3.8, 4) is 16.8 Å². The van der Waals surface area contributed by atoms with E-state index in [0.717, 1.165) is 21.5 Å². The number of aromatic amines is 1. The van der Waals surface area contributed by atoms with E-state index in [4.69, 9.17) is 28.0 Å². The van der Waals surface area contributed by atoms with Crippen LogP contribution in [-0.2, 0) is 7.05 Å². The average Bonchev–Trinajstić information content (AvgIpc) is 3.50. The molecule has 1 unspecified atom stereocenters. The van der Waals surface area contributed by atoms with Gasteiger partial charge in [0, 0.05) is 53.5 Å². The summed E-state index contributed by atoms with van der Waals surface area (Å²) in [5.74, 6) is -0.628. The molecule has 33 heavy (non-hydrogen) atoms. The Hall–Kier alpha value is -3.56. The molecule has 1 N–H and O–H groups in total. The first-order chi connectivity index (χ1) is 15.8. The van der Waals surface area contributed by atoms with Crippen molar-refractivity contribution in [3.05, 3.63) is 87.2 Å². The van der Waals surface area contributed by atoms with Gasteiger partial charge in [0.15, 0.2) is 11.8 Å². The van der Waals surface area contributed by atoms with Gasteiger partial charge in [0.1, 0.15) is 11.3 Å².